The first kappa shape index (κ1) is 44.1. The highest BCUT2D eigenvalue weighted by atomic mass is 16.0. The van der Waals surface area contributed by atoms with Gasteiger partial charge in [0, 0.05) is 13.8 Å². The molecule has 6 rings (SSSR count). The minimum Gasteiger partial charge on any atom is -0.412 e. The van der Waals surface area contributed by atoms with Crippen molar-refractivity contribution in [2.75, 3.05) is 19.6 Å². The summed E-state index contributed by atoms with van der Waals surface area (Å²) >= 11 is 0. The second-order valence-electron chi connectivity index (χ2n) is 17.7. The van der Waals surface area contributed by atoms with Gasteiger partial charge in [0.05, 0.1) is 18.7 Å². The molecule has 0 unspecified atom stereocenters. The van der Waals surface area contributed by atoms with Gasteiger partial charge in [-0.15, -0.1) is 0 Å². The zero-order valence-corrected chi connectivity index (χ0v) is 36.9. The minimum atomic E-state index is 0. The van der Waals surface area contributed by atoms with E-state index in [2.05, 4.69) is 154 Å². The summed E-state index contributed by atoms with van der Waals surface area (Å²) in [6.45, 7) is 24.4. The van der Waals surface area contributed by atoms with E-state index in [1.54, 1.807) is 0 Å². The normalized spacial score (nSPS) is 14.2. The van der Waals surface area contributed by atoms with Crippen molar-refractivity contribution in [2.24, 2.45) is 0 Å². The van der Waals surface area contributed by atoms with Crippen LogP contribution in [0, 0.1) is 41.5 Å². The van der Waals surface area contributed by atoms with Crippen molar-refractivity contribution >= 4 is 0 Å². The van der Waals surface area contributed by atoms with Gasteiger partial charge in [-0.25, -0.2) is 9.13 Å². The molecule has 1 aliphatic heterocycles. The van der Waals surface area contributed by atoms with Crippen molar-refractivity contribution in [3.05, 3.63) is 124 Å². The molecular formula is C53H74N3O+. The van der Waals surface area contributed by atoms with Crippen LogP contribution in [0.5, 0.6) is 0 Å². The first-order valence-electron chi connectivity index (χ1n) is 22.3. The summed E-state index contributed by atoms with van der Waals surface area (Å²) in [4.78, 5) is 2.73. The third-order valence-corrected chi connectivity index (χ3v) is 13.2. The fourth-order valence-corrected chi connectivity index (χ4v) is 9.41. The van der Waals surface area contributed by atoms with Crippen molar-refractivity contribution in [3.63, 3.8) is 0 Å². The van der Waals surface area contributed by atoms with E-state index in [0.29, 0.717) is 0 Å². The molecule has 0 amide bonds. The minimum absolute atomic E-state index is 0. The number of nitrogens with zero attached hydrogens (tertiary/aromatic N) is 3. The van der Waals surface area contributed by atoms with Crippen LogP contribution in [0.1, 0.15) is 130 Å². The van der Waals surface area contributed by atoms with Gasteiger partial charge in [0.1, 0.15) is 11.4 Å². The topological polar surface area (TPSA) is 43.5 Å². The molecule has 1 aromatic heterocycles. The number of hydrogen-bond acceptors (Lipinski definition) is 1. The highest BCUT2D eigenvalue weighted by Gasteiger charge is 2.32. The molecule has 0 spiro atoms. The Kier molecular flexibility index (Phi) is 16.0. The molecule has 1 fully saturated rings. The molecule has 5 aromatic rings. The first-order chi connectivity index (χ1) is 27.1. The number of aryl methyl sites for hydroxylation is 4. The van der Waals surface area contributed by atoms with Gasteiger partial charge in [0.2, 0.25) is 0 Å². The van der Waals surface area contributed by atoms with Crippen LogP contribution in [-0.4, -0.2) is 34.6 Å². The smallest absolute Gasteiger partial charge is 0.289 e. The van der Waals surface area contributed by atoms with E-state index in [1.807, 2.05) is 0 Å². The summed E-state index contributed by atoms with van der Waals surface area (Å²) in [6, 6.07) is 32.1. The van der Waals surface area contributed by atoms with E-state index in [1.165, 1.54) is 170 Å². The van der Waals surface area contributed by atoms with Gasteiger partial charge in [-0.3, -0.25) is 0 Å². The lowest BCUT2D eigenvalue weighted by atomic mass is 9.74. The first-order valence-corrected chi connectivity index (χ1v) is 22.3. The van der Waals surface area contributed by atoms with Gasteiger partial charge >= 0.3 is 0 Å². The Labute approximate surface area is 346 Å². The van der Waals surface area contributed by atoms with Crippen LogP contribution in [0.3, 0.4) is 0 Å². The molecule has 2 heterocycles. The highest BCUT2D eigenvalue weighted by molar-refractivity contribution is 5.71. The Hall–Kier alpha value is -3.99. The second kappa shape index (κ2) is 20.6. The highest BCUT2D eigenvalue weighted by Crippen LogP contribution is 2.37. The molecule has 0 aliphatic carbocycles. The molecular weight excluding hydrogens is 695 g/mol. The van der Waals surface area contributed by atoms with Crippen molar-refractivity contribution in [3.8, 4) is 33.6 Å². The van der Waals surface area contributed by atoms with Gasteiger partial charge in [0.15, 0.2) is 0 Å². The fourth-order valence-electron chi connectivity index (χ4n) is 9.41. The van der Waals surface area contributed by atoms with Gasteiger partial charge in [0.25, 0.3) is 5.82 Å². The van der Waals surface area contributed by atoms with Gasteiger partial charge in [-0.1, -0.05) is 148 Å². The van der Waals surface area contributed by atoms with E-state index in [-0.39, 0.29) is 10.9 Å². The average molecular weight is 769 g/mol. The Morgan fingerprint density at radius 2 is 1.04 bits per heavy atom. The standard InChI is InChI=1S/C53H72N3.H2O/c1-9-10-34-55-44(6)45(7)56(52(55)51-42(4)38-41(3)39-43(51)5)35-18-16-14-12-11-13-15-17-33-54-36-31-53(8,32-37-54)50-29-27-49(28-30-50)48-25-23-47(24-26-48)46-21-19-40(2)20-22-46;/h19-30,38-39H,9-18,31-37H2,1-8H3;1H2/q+1;. The van der Waals surface area contributed by atoms with Gasteiger partial charge in [-0.2, -0.15) is 0 Å². The van der Waals surface area contributed by atoms with Crippen molar-refractivity contribution in [1.29, 1.82) is 0 Å². The Bertz CT molecular complexity index is 1970. The third-order valence-electron chi connectivity index (χ3n) is 13.2. The SMILES string of the molecule is CCCCn1c(C)c(C)[n+](CCCCCCCCCCN2CCC(C)(c3ccc(-c4ccc(-c5ccc(C)cc5)cc4)cc3)CC2)c1-c1c(C)cc(C)cc1C.O. The molecule has 0 saturated carbocycles. The maximum atomic E-state index is 2.73. The van der Waals surface area contributed by atoms with Crippen molar-refractivity contribution in [2.45, 2.75) is 151 Å². The summed E-state index contributed by atoms with van der Waals surface area (Å²) in [6.07, 6.45) is 15.8. The molecule has 1 aliphatic rings. The number of rotatable bonds is 18. The number of unbranched alkanes of at least 4 members (excludes halogenated alkanes) is 8. The summed E-state index contributed by atoms with van der Waals surface area (Å²) in [5.41, 5.74) is 16.7. The lowest BCUT2D eigenvalue weighted by Crippen LogP contribution is -2.41. The largest absolute Gasteiger partial charge is 0.412 e. The van der Waals surface area contributed by atoms with Gasteiger partial charge in [-0.05, 0) is 130 Å². The van der Waals surface area contributed by atoms with E-state index in [0.717, 1.165) is 13.1 Å². The van der Waals surface area contributed by atoms with E-state index < -0.39 is 0 Å². The monoisotopic (exact) mass is 769 g/mol. The molecule has 2 N–H and O–H groups in total. The Balaban J connectivity index is 0.00000620. The van der Waals surface area contributed by atoms with Crippen LogP contribution in [-0.2, 0) is 18.5 Å². The number of imidazole rings is 1. The molecule has 4 nitrogen and oxygen atoms in total. The lowest BCUT2D eigenvalue weighted by molar-refractivity contribution is -0.691. The van der Waals surface area contributed by atoms with E-state index >= 15 is 0 Å². The second-order valence-corrected chi connectivity index (χ2v) is 17.7. The maximum Gasteiger partial charge on any atom is 0.289 e. The zero-order chi connectivity index (χ0) is 39.7. The van der Waals surface area contributed by atoms with Crippen molar-refractivity contribution < 1.29 is 10.0 Å². The molecule has 0 bridgehead atoms. The van der Waals surface area contributed by atoms with E-state index in [4.69, 9.17) is 0 Å². The molecule has 306 valence electrons. The van der Waals surface area contributed by atoms with Crippen LogP contribution in [0.2, 0.25) is 0 Å². The number of hydrogen-bond donors (Lipinski definition) is 0. The quantitative estimate of drug-likeness (QED) is 0.0647. The summed E-state index contributed by atoms with van der Waals surface area (Å²) in [5.74, 6) is 1.44. The van der Waals surface area contributed by atoms with Crippen molar-refractivity contribution in [1.82, 2.24) is 9.47 Å². The average Bonchev–Trinajstić information content (AvgIpc) is 3.42. The fraction of sp³-hybridized carbons (Fsp3) is 0.491. The number of piperidine rings is 1. The number of benzene rings is 4. The predicted molar refractivity (Wildman–Crippen MR) is 244 cm³/mol. The molecule has 0 radical (unpaired) electrons. The van der Waals surface area contributed by atoms with Crippen LogP contribution in [0.15, 0.2) is 84.9 Å². The molecule has 57 heavy (non-hydrogen) atoms. The van der Waals surface area contributed by atoms with Crippen LogP contribution in [0.25, 0.3) is 33.6 Å². The predicted octanol–water partition coefficient (Wildman–Crippen LogP) is 12.8. The lowest BCUT2D eigenvalue weighted by Gasteiger charge is -2.40. The number of aromatic nitrogens is 2. The molecule has 4 aromatic carbocycles. The Morgan fingerprint density at radius 1 is 0.561 bits per heavy atom. The molecule has 1 saturated heterocycles. The van der Waals surface area contributed by atoms with Crippen LogP contribution < -0.4 is 4.57 Å². The zero-order valence-electron chi connectivity index (χ0n) is 36.9. The Morgan fingerprint density at radius 3 is 1.56 bits per heavy atom. The molecule has 0 atom stereocenters. The number of likely N-dealkylation sites (tertiary alicyclic amines) is 1. The van der Waals surface area contributed by atoms with Crippen LogP contribution in [0.4, 0.5) is 0 Å². The maximum absolute atomic E-state index is 2.73. The summed E-state index contributed by atoms with van der Waals surface area (Å²) in [7, 11) is 0. The third kappa shape index (κ3) is 10.9. The molecule has 4 heteroatoms. The summed E-state index contributed by atoms with van der Waals surface area (Å²) in [5, 5.41) is 0. The van der Waals surface area contributed by atoms with E-state index in [9.17, 15) is 0 Å². The van der Waals surface area contributed by atoms with Crippen LogP contribution >= 0.6 is 0 Å². The van der Waals surface area contributed by atoms with Gasteiger partial charge < -0.3 is 10.4 Å². The summed E-state index contributed by atoms with van der Waals surface area (Å²) < 4.78 is 5.28.